The molecular weight excluding hydrogens is 288 g/mol. The minimum atomic E-state index is -3.50. The summed E-state index contributed by atoms with van der Waals surface area (Å²) in [6.45, 7) is 4.74. The van der Waals surface area contributed by atoms with E-state index in [0.717, 1.165) is 19.3 Å². The Morgan fingerprint density at radius 1 is 1.38 bits per heavy atom. The Bertz CT molecular complexity index is 587. The normalized spacial score (nSPS) is 22.4. The standard InChI is InChI=1S/C15H24N2O3S/c1-3-20-15-8-7-13(9-12(15)10-16)21(18,19)17-14-6-4-5-11(14)2/h7-9,11,14,17H,3-6,10,16H2,1-2H3. The van der Waals surface area contributed by atoms with Crippen molar-refractivity contribution < 1.29 is 13.2 Å². The molecule has 5 nitrogen and oxygen atoms in total. The highest BCUT2D eigenvalue weighted by atomic mass is 32.2. The molecule has 1 aliphatic rings. The van der Waals surface area contributed by atoms with Crippen molar-refractivity contribution in [2.24, 2.45) is 11.7 Å². The van der Waals surface area contributed by atoms with Crippen molar-refractivity contribution in [3.63, 3.8) is 0 Å². The monoisotopic (exact) mass is 312 g/mol. The van der Waals surface area contributed by atoms with Crippen molar-refractivity contribution in [3.05, 3.63) is 23.8 Å². The molecule has 0 spiro atoms. The van der Waals surface area contributed by atoms with E-state index in [1.54, 1.807) is 18.2 Å². The number of benzene rings is 1. The van der Waals surface area contributed by atoms with Crippen molar-refractivity contribution >= 4 is 10.0 Å². The summed E-state index contributed by atoms with van der Waals surface area (Å²) in [6, 6.07) is 4.89. The zero-order chi connectivity index (χ0) is 15.5. The molecule has 1 fully saturated rings. The Morgan fingerprint density at radius 2 is 2.14 bits per heavy atom. The highest BCUT2D eigenvalue weighted by Crippen LogP contribution is 2.27. The third-order valence-corrected chi connectivity index (χ3v) is 5.52. The average molecular weight is 312 g/mol. The Labute approximate surface area is 126 Å². The van der Waals surface area contributed by atoms with Crippen LogP contribution in [0.1, 0.15) is 38.7 Å². The maximum Gasteiger partial charge on any atom is 0.240 e. The van der Waals surface area contributed by atoms with Crippen LogP contribution in [-0.2, 0) is 16.6 Å². The lowest BCUT2D eigenvalue weighted by atomic mass is 10.1. The van der Waals surface area contributed by atoms with Crippen molar-refractivity contribution in [2.75, 3.05) is 6.61 Å². The van der Waals surface area contributed by atoms with E-state index in [4.69, 9.17) is 10.5 Å². The molecule has 0 bridgehead atoms. The minimum Gasteiger partial charge on any atom is -0.494 e. The van der Waals surface area contributed by atoms with Crippen LogP contribution in [0.3, 0.4) is 0 Å². The summed E-state index contributed by atoms with van der Waals surface area (Å²) >= 11 is 0. The number of nitrogens with two attached hydrogens (primary N) is 1. The molecule has 1 saturated carbocycles. The molecule has 0 aromatic heterocycles. The lowest BCUT2D eigenvalue weighted by molar-refractivity contribution is 0.336. The van der Waals surface area contributed by atoms with Gasteiger partial charge in [0, 0.05) is 18.2 Å². The molecule has 3 N–H and O–H groups in total. The third kappa shape index (κ3) is 3.75. The van der Waals surface area contributed by atoms with Crippen LogP contribution < -0.4 is 15.2 Å². The first-order valence-corrected chi connectivity index (χ1v) is 8.94. The molecule has 118 valence electrons. The molecule has 0 radical (unpaired) electrons. The van der Waals surface area contributed by atoms with E-state index in [9.17, 15) is 8.42 Å². The van der Waals surface area contributed by atoms with E-state index in [1.807, 2.05) is 6.92 Å². The molecule has 0 saturated heterocycles. The largest absolute Gasteiger partial charge is 0.494 e. The highest BCUT2D eigenvalue weighted by Gasteiger charge is 2.28. The van der Waals surface area contributed by atoms with Gasteiger partial charge in [0.05, 0.1) is 11.5 Å². The molecule has 1 aromatic carbocycles. The van der Waals surface area contributed by atoms with Crippen LogP contribution in [0.25, 0.3) is 0 Å². The number of ether oxygens (including phenoxy) is 1. The van der Waals surface area contributed by atoms with Gasteiger partial charge in [-0.2, -0.15) is 0 Å². The second-order valence-corrected chi connectivity index (χ2v) is 7.26. The Kier molecular flexibility index (Phi) is 5.24. The molecule has 21 heavy (non-hydrogen) atoms. The predicted octanol–water partition coefficient (Wildman–Crippen LogP) is 2.01. The van der Waals surface area contributed by atoms with Gasteiger partial charge in [0.1, 0.15) is 5.75 Å². The van der Waals surface area contributed by atoms with Crippen LogP contribution in [0.2, 0.25) is 0 Å². The van der Waals surface area contributed by atoms with Crippen LogP contribution in [-0.4, -0.2) is 21.1 Å². The van der Waals surface area contributed by atoms with Crippen LogP contribution in [0, 0.1) is 5.92 Å². The summed E-state index contributed by atoms with van der Waals surface area (Å²) in [7, 11) is -3.50. The van der Waals surface area contributed by atoms with Gasteiger partial charge in [0.25, 0.3) is 0 Å². The zero-order valence-corrected chi connectivity index (χ0v) is 13.4. The number of hydrogen-bond acceptors (Lipinski definition) is 4. The van der Waals surface area contributed by atoms with Gasteiger partial charge in [-0.15, -0.1) is 0 Å². The van der Waals surface area contributed by atoms with Gasteiger partial charge < -0.3 is 10.5 Å². The van der Waals surface area contributed by atoms with Gasteiger partial charge in [0.15, 0.2) is 0 Å². The summed E-state index contributed by atoms with van der Waals surface area (Å²) < 4.78 is 33.2. The Morgan fingerprint density at radius 3 is 2.71 bits per heavy atom. The Hall–Kier alpha value is -1.11. The molecular formula is C15H24N2O3S. The zero-order valence-electron chi connectivity index (χ0n) is 12.6. The first kappa shape index (κ1) is 16.3. The maximum atomic E-state index is 12.5. The van der Waals surface area contributed by atoms with Gasteiger partial charge in [-0.3, -0.25) is 0 Å². The van der Waals surface area contributed by atoms with Crippen molar-refractivity contribution in [1.29, 1.82) is 0 Å². The lowest BCUT2D eigenvalue weighted by Crippen LogP contribution is -2.36. The van der Waals surface area contributed by atoms with Gasteiger partial charge >= 0.3 is 0 Å². The van der Waals surface area contributed by atoms with Gasteiger partial charge in [-0.05, 0) is 43.9 Å². The number of nitrogens with one attached hydrogen (secondary N) is 1. The minimum absolute atomic E-state index is 0.0305. The fourth-order valence-corrected chi connectivity index (χ4v) is 4.20. The molecule has 2 rings (SSSR count). The highest BCUT2D eigenvalue weighted by molar-refractivity contribution is 7.89. The molecule has 0 aliphatic heterocycles. The van der Waals surface area contributed by atoms with E-state index >= 15 is 0 Å². The van der Waals surface area contributed by atoms with Gasteiger partial charge in [-0.1, -0.05) is 13.3 Å². The van der Waals surface area contributed by atoms with Crippen LogP contribution in [0.4, 0.5) is 0 Å². The lowest BCUT2D eigenvalue weighted by Gasteiger charge is -2.18. The number of rotatable bonds is 6. The molecule has 1 aliphatic carbocycles. The van der Waals surface area contributed by atoms with Crippen molar-refractivity contribution in [1.82, 2.24) is 4.72 Å². The Balaban J connectivity index is 2.23. The number of hydrogen-bond donors (Lipinski definition) is 2. The smallest absolute Gasteiger partial charge is 0.240 e. The van der Waals surface area contributed by atoms with E-state index in [-0.39, 0.29) is 17.5 Å². The fourth-order valence-electron chi connectivity index (χ4n) is 2.77. The molecule has 1 aromatic rings. The molecule has 6 heteroatoms. The fraction of sp³-hybridized carbons (Fsp3) is 0.600. The number of sulfonamides is 1. The summed E-state index contributed by atoms with van der Waals surface area (Å²) in [5, 5.41) is 0. The quantitative estimate of drug-likeness (QED) is 0.842. The molecule has 2 atom stereocenters. The van der Waals surface area contributed by atoms with E-state index < -0.39 is 10.0 Å². The first-order valence-electron chi connectivity index (χ1n) is 7.46. The van der Waals surface area contributed by atoms with Crippen LogP contribution in [0.15, 0.2) is 23.1 Å². The van der Waals surface area contributed by atoms with Crippen molar-refractivity contribution in [3.8, 4) is 5.75 Å². The summed E-state index contributed by atoms with van der Waals surface area (Å²) in [4.78, 5) is 0.255. The van der Waals surface area contributed by atoms with Crippen LogP contribution in [0.5, 0.6) is 5.75 Å². The topological polar surface area (TPSA) is 81.4 Å². The SMILES string of the molecule is CCOc1ccc(S(=O)(=O)NC2CCCC2C)cc1CN. The van der Waals surface area contributed by atoms with Gasteiger partial charge in [0.2, 0.25) is 10.0 Å². The van der Waals surface area contributed by atoms with E-state index in [2.05, 4.69) is 11.6 Å². The second kappa shape index (κ2) is 6.77. The molecule has 0 amide bonds. The maximum absolute atomic E-state index is 12.5. The second-order valence-electron chi connectivity index (χ2n) is 5.54. The predicted molar refractivity (Wildman–Crippen MR) is 82.6 cm³/mol. The van der Waals surface area contributed by atoms with E-state index in [1.165, 1.54) is 0 Å². The van der Waals surface area contributed by atoms with Gasteiger partial charge in [-0.25, -0.2) is 13.1 Å². The third-order valence-electron chi connectivity index (χ3n) is 4.03. The molecule has 0 heterocycles. The molecule has 2 unspecified atom stereocenters. The average Bonchev–Trinajstić information content (AvgIpc) is 2.84. The van der Waals surface area contributed by atoms with Crippen molar-refractivity contribution in [2.45, 2.75) is 50.6 Å². The van der Waals surface area contributed by atoms with Crippen LogP contribution >= 0.6 is 0 Å². The first-order chi connectivity index (χ1) is 9.97. The van der Waals surface area contributed by atoms with E-state index in [0.29, 0.717) is 23.8 Å². The summed E-state index contributed by atoms with van der Waals surface area (Å²) in [5.41, 5.74) is 6.39. The summed E-state index contributed by atoms with van der Waals surface area (Å²) in [6.07, 6.45) is 3.05. The summed E-state index contributed by atoms with van der Waals surface area (Å²) in [5.74, 6) is 1.03.